The van der Waals surface area contributed by atoms with E-state index in [0.717, 1.165) is 0 Å². The van der Waals surface area contributed by atoms with E-state index in [-0.39, 0.29) is 10.8 Å². The van der Waals surface area contributed by atoms with E-state index >= 15 is 0 Å². The molecule has 0 unspecified atom stereocenters. The standard InChI is InChI=1S/C30H39ClSi/c1-20-11-21(2)14-26(13-20)32(31,27-15-22(3)12-23(4)16-27)28-18-24(29(5,6)7)17-25(19-28)30(8,9)10/h11-19H,1-10H3. The Morgan fingerprint density at radius 1 is 0.469 bits per heavy atom. The molecule has 0 atom stereocenters. The van der Waals surface area contributed by atoms with Gasteiger partial charge in [0.1, 0.15) is 0 Å². The van der Waals surface area contributed by atoms with E-state index in [0.29, 0.717) is 0 Å². The minimum Gasteiger partial charge on any atom is -0.149 e. The Morgan fingerprint density at radius 2 is 0.750 bits per heavy atom. The molecule has 3 aromatic rings. The van der Waals surface area contributed by atoms with Crippen LogP contribution in [0.4, 0.5) is 0 Å². The lowest BCUT2D eigenvalue weighted by Gasteiger charge is -2.32. The summed E-state index contributed by atoms with van der Waals surface area (Å²) in [5, 5.41) is 3.83. The van der Waals surface area contributed by atoms with E-state index in [1.165, 1.54) is 48.9 Å². The molecule has 0 heterocycles. The van der Waals surface area contributed by atoms with E-state index in [4.69, 9.17) is 11.1 Å². The largest absolute Gasteiger partial charge is 0.247 e. The molecule has 0 spiro atoms. The van der Waals surface area contributed by atoms with Gasteiger partial charge in [-0.3, -0.25) is 0 Å². The second kappa shape index (κ2) is 8.50. The number of hydrogen-bond acceptors (Lipinski definition) is 0. The summed E-state index contributed by atoms with van der Waals surface area (Å²) in [5.74, 6) is 0. The molecule has 0 aliphatic heterocycles. The number of rotatable bonds is 3. The number of benzene rings is 3. The van der Waals surface area contributed by atoms with Crippen LogP contribution in [0.3, 0.4) is 0 Å². The van der Waals surface area contributed by atoms with Crippen LogP contribution in [-0.4, -0.2) is 7.38 Å². The predicted octanol–water partition coefficient (Wildman–Crippen LogP) is 6.72. The average molecular weight is 463 g/mol. The first-order valence-corrected chi connectivity index (χ1v) is 14.6. The second-order valence-electron chi connectivity index (χ2n) is 11.7. The van der Waals surface area contributed by atoms with Gasteiger partial charge < -0.3 is 0 Å². The molecule has 0 aliphatic carbocycles. The molecule has 3 aromatic carbocycles. The van der Waals surface area contributed by atoms with Crippen molar-refractivity contribution in [3.8, 4) is 0 Å². The van der Waals surface area contributed by atoms with Crippen LogP contribution in [0.5, 0.6) is 0 Å². The lowest BCUT2D eigenvalue weighted by molar-refractivity contribution is 0.569. The Morgan fingerprint density at radius 3 is 1.03 bits per heavy atom. The summed E-state index contributed by atoms with van der Waals surface area (Å²) in [7, 11) is -2.75. The van der Waals surface area contributed by atoms with Crippen LogP contribution in [0.15, 0.2) is 54.6 Å². The molecule has 0 bridgehead atoms. The van der Waals surface area contributed by atoms with Gasteiger partial charge in [-0.05, 0) is 65.2 Å². The molecule has 0 fully saturated rings. The van der Waals surface area contributed by atoms with Crippen LogP contribution < -0.4 is 15.6 Å². The first kappa shape index (κ1) is 24.8. The fraction of sp³-hybridized carbons (Fsp3) is 0.400. The van der Waals surface area contributed by atoms with Crippen molar-refractivity contribution in [3.63, 3.8) is 0 Å². The summed E-state index contributed by atoms with van der Waals surface area (Å²) < 4.78 is 0. The molecule has 0 saturated heterocycles. The minimum absolute atomic E-state index is 0.0489. The normalized spacial score (nSPS) is 12.8. The zero-order chi connectivity index (χ0) is 24.1. The van der Waals surface area contributed by atoms with E-state index in [2.05, 4.69) is 124 Å². The average Bonchev–Trinajstić information content (AvgIpc) is 2.64. The van der Waals surface area contributed by atoms with Crippen molar-refractivity contribution in [1.29, 1.82) is 0 Å². The first-order chi connectivity index (χ1) is 14.6. The van der Waals surface area contributed by atoms with Gasteiger partial charge in [-0.25, -0.2) is 0 Å². The monoisotopic (exact) mass is 462 g/mol. The maximum absolute atomic E-state index is 7.99. The quantitative estimate of drug-likeness (QED) is 0.230. The van der Waals surface area contributed by atoms with Crippen molar-refractivity contribution in [2.24, 2.45) is 0 Å². The zero-order valence-electron chi connectivity index (χ0n) is 21.6. The van der Waals surface area contributed by atoms with Crippen molar-refractivity contribution in [1.82, 2.24) is 0 Å². The molecule has 170 valence electrons. The number of aryl methyl sites for hydroxylation is 4. The molecule has 0 nitrogen and oxygen atoms in total. The predicted molar refractivity (Wildman–Crippen MR) is 146 cm³/mol. The minimum atomic E-state index is -2.75. The van der Waals surface area contributed by atoms with E-state index in [1.807, 2.05) is 0 Å². The van der Waals surface area contributed by atoms with Gasteiger partial charge in [-0.2, -0.15) is 0 Å². The van der Waals surface area contributed by atoms with Crippen molar-refractivity contribution in [2.75, 3.05) is 0 Å². The highest BCUT2D eigenvalue weighted by atomic mass is 35.6. The third kappa shape index (κ3) is 5.05. The second-order valence-corrected chi connectivity index (χ2v) is 16.5. The van der Waals surface area contributed by atoms with Crippen molar-refractivity contribution in [2.45, 2.75) is 80.1 Å². The van der Waals surface area contributed by atoms with E-state index in [9.17, 15) is 0 Å². The van der Waals surface area contributed by atoms with Crippen LogP contribution in [0.2, 0.25) is 0 Å². The third-order valence-corrected chi connectivity index (χ3v) is 11.5. The molecule has 0 saturated carbocycles. The molecule has 0 aromatic heterocycles. The lowest BCUT2D eigenvalue weighted by atomic mass is 9.81. The fourth-order valence-corrected chi connectivity index (χ4v) is 8.94. The molecule has 3 rings (SSSR count). The van der Waals surface area contributed by atoms with Gasteiger partial charge in [-0.15, -0.1) is 11.1 Å². The van der Waals surface area contributed by atoms with Crippen molar-refractivity contribution < 1.29 is 0 Å². The highest BCUT2D eigenvalue weighted by Crippen LogP contribution is 2.30. The number of hydrogen-bond donors (Lipinski definition) is 0. The van der Waals surface area contributed by atoms with Crippen LogP contribution >= 0.6 is 11.1 Å². The van der Waals surface area contributed by atoms with Gasteiger partial charge in [0.15, 0.2) is 0 Å². The Kier molecular flexibility index (Phi) is 6.59. The van der Waals surface area contributed by atoms with Crippen molar-refractivity contribution >= 4 is 34.0 Å². The molecule has 0 radical (unpaired) electrons. The summed E-state index contributed by atoms with van der Waals surface area (Å²) in [6, 6.07) is 20.9. The molecule has 0 aliphatic rings. The highest BCUT2D eigenvalue weighted by molar-refractivity contribution is 7.40. The lowest BCUT2D eigenvalue weighted by Crippen LogP contribution is -2.63. The zero-order valence-corrected chi connectivity index (χ0v) is 23.3. The van der Waals surface area contributed by atoms with Gasteiger partial charge in [0.25, 0.3) is 0 Å². The molecule has 32 heavy (non-hydrogen) atoms. The Hall–Kier alpha value is -1.83. The number of halogens is 1. The van der Waals surface area contributed by atoms with Crippen LogP contribution in [0, 0.1) is 27.7 Å². The highest BCUT2D eigenvalue weighted by Gasteiger charge is 2.40. The van der Waals surface area contributed by atoms with E-state index in [1.54, 1.807) is 0 Å². The van der Waals surface area contributed by atoms with Crippen molar-refractivity contribution in [3.05, 3.63) is 88.0 Å². The SMILES string of the molecule is Cc1cc(C)cc([Si](Cl)(c2cc(C)cc(C)c2)c2cc(C(C)(C)C)cc(C(C)(C)C)c2)c1. The molecule has 0 amide bonds. The van der Waals surface area contributed by atoms with Crippen LogP contribution in [0.1, 0.15) is 74.9 Å². The van der Waals surface area contributed by atoms with Crippen LogP contribution in [-0.2, 0) is 10.8 Å². The maximum Gasteiger partial charge on any atom is 0.247 e. The van der Waals surface area contributed by atoms with Gasteiger partial charge in [0.05, 0.1) is 0 Å². The third-order valence-electron chi connectivity index (χ3n) is 6.30. The summed E-state index contributed by atoms with van der Waals surface area (Å²) in [5.41, 5.74) is 7.88. The van der Waals surface area contributed by atoms with Gasteiger partial charge in [0, 0.05) is 0 Å². The van der Waals surface area contributed by atoms with Crippen LogP contribution in [0.25, 0.3) is 0 Å². The van der Waals surface area contributed by atoms with E-state index < -0.39 is 7.38 Å². The van der Waals surface area contributed by atoms with Gasteiger partial charge >= 0.3 is 0 Å². The molecular weight excluding hydrogens is 424 g/mol. The Labute approximate surface area is 201 Å². The maximum atomic E-state index is 7.99. The molecular formula is C30H39ClSi. The van der Waals surface area contributed by atoms with Gasteiger partial charge in [-0.1, -0.05) is 118 Å². The Bertz CT molecular complexity index is 1020. The summed E-state index contributed by atoms with van der Waals surface area (Å²) >= 11 is 7.99. The smallest absolute Gasteiger partial charge is 0.149 e. The molecule has 2 heteroatoms. The first-order valence-electron chi connectivity index (χ1n) is 11.6. The topological polar surface area (TPSA) is 0 Å². The van der Waals surface area contributed by atoms with Gasteiger partial charge in [0.2, 0.25) is 7.38 Å². The fourth-order valence-electron chi connectivity index (χ4n) is 4.54. The molecule has 0 N–H and O–H groups in total. The summed E-state index contributed by atoms with van der Waals surface area (Å²) in [4.78, 5) is 0. The Balaban J connectivity index is 2.46. The summed E-state index contributed by atoms with van der Waals surface area (Å²) in [6.45, 7) is 22.5. The summed E-state index contributed by atoms with van der Waals surface area (Å²) in [6.07, 6.45) is 0.